The Bertz CT molecular complexity index is 383. The molecule has 0 fully saturated rings. The van der Waals surface area contributed by atoms with E-state index in [0.29, 0.717) is 11.4 Å². The molecule has 0 aliphatic rings. The van der Waals surface area contributed by atoms with Gasteiger partial charge in [0.15, 0.2) is 0 Å². The largest absolute Gasteiger partial charge is 0.348 e. The summed E-state index contributed by atoms with van der Waals surface area (Å²) in [5.74, 6) is 0.344. The number of aromatic nitrogens is 2. The maximum Gasteiger partial charge on any atom is 0.255 e. The predicted octanol–water partition coefficient (Wildman–Crippen LogP) is 1.78. The number of halogens is 1. The van der Waals surface area contributed by atoms with Crippen LogP contribution in [0.5, 0.6) is 0 Å². The van der Waals surface area contributed by atoms with Gasteiger partial charge in [-0.1, -0.05) is 6.92 Å². The topological polar surface area (TPSA) is 46.9 Å². The van der Waals surface area contributed by atoms with Gasteiger partial charge in [-0.25, -0.2) is 0 Å². The molecule has 1 atom stereocenters. The van der Waals surface area contributed by atoms with E-state index in [1.165, 1.54) is 0 Å². The molecule has 1 N–H and O–H groups in total. The fourth-order valence-corrected chi connectivity index (χ4v) is 1.90. The number of hydrogen-bond donors (Lipinski definition) is 1. The Morgan fingerprint density at radius 3 is 2.56 bits per heavy atom. The summed E-state index contributed by atoms with van der Waals surface area (Å²) in [5, 5.41) is 7.12. The molecule has 1 unspecified atom stereocenters. The SMILES string of the molecule is CCC(CCl)NC(=O)c1c(C)nn(C)c1C. The minimum atomic E-state index is -0.0874. The molecule has 0 spiro atoms. The lowest BCUT2D eigenvalue weighted by Crippen LogP contribution is -2.36. The molecule has 0 aliphatic heterocycles. The molecule has 0 saturated heterocycles. The first-order valence-electron chi connectivity index (χ1n) is 5.38. The van der Waals surface area contributed by atoms with E-state index in [9.17, 15) is 4.79 Å². The number of nitrogens with zero attached hydrogens (tertiary/aromatic N) is 2. The highest BCUT2D eigenvalue weighted by Gasteiger charge is 2.19. The number of carbonyl (C=O) groups is 1. The van der Waals surface area contributed by atoms with Crippen molar-refractivity contribution in [3.8, 4) is 0 Å². The average Bonchev–Trinajstić information content (AvgIpc) is 2.49. The number of hydrogen-bond acceptors (Lipinski definition) is 2. The van der Waals surface area contributed by atoms with Crippen LogP contribution in [-0.4, -0.2) is 27.6 Å². The molecule has 1 aromatic rings. The summed E-state index contributed by atoms with van der Waals surface area (Å²) in [6, 6.07) is 0.0215. The van der Waals surface area contributed by atoms with Crippen molar-refractivity contribution < 1.29 is 4.79 Å². The summed E-state index contributed by atoms with van der Waals surface area (Å²) in [7, 11) is 1.83. The number of rotatable bonds is 4. The van der Waals surface area contributed by atoms with Gasteiger partial charge >= 0.3 is 0 Å². The maximum atomic E-state index is 12.0. The zero-order valence-corrected chi connectivity index (χ0v) is 10.9. The molecular formula is C11H18ClN3O. The first kappa shape index (κ1) is 13.0. The van der Waals surface area contributed by atoms with Crippen LogP contribution < -0.4 is 5.32 Å². The van der Waals surface area contributed by atoms with Crippen molar-refractivity contribution >= 4 is 17.5 Å². The van der Waals surface area contributed by atoms with Crippen LogP contribution in [0.1, 0.15) is 35.1 Å². The van der Waals surface area contributed by atoms with Gasteiger partial charge in [-0.2, -0.15) is 5.10 Å². The molecule has 0 saturated carbocycles. The standard InChI is InChI=1S/C11H18ClN3O/c1-5-9(6-12)13-11(16)10-7(2)14-15(4)8(10)3/h9H,5-6H2,1-4H3,(H,13,16). The van der Waals surface area contributed by atoms with Gasteiger partial charge in [0.1, 0.15) is 0 Å². The maximum absolute atomic E-state index is 12.0. The lowest BCUT2D eigenvalue weighted by atomic mass is 10.1. The van der Waals surface area contributed by atoms with E-state index in [2.05, 4.69) is 10.4 Å². The number of aryl methyl sites for hydroxylation is 2. The molecule has 90 valence electrons. The fourth-order valence-electron chi connectivity index (χ4n) is 1.61. The minimum absolute atomic E-state index is 0.0215. The molecule has 5 heteroatoms. The van der Waals surface area contributed by atoms with Crippen molar-refractivity contribution in [3.05, 3.63) is 17.0 Å². The van der Waals surface area contributed by atoms with Crippen LogP contribution in [0.4, 0.5) is 0 Å². The summed E-state index contributed by atoms with van der Waals surface area (Å²) in [6.45, 7) is 5.72. The molecule has 1 heterocycles. The van der Waals surface area contributed by atoms with Crippen LogP contribution in [0.3, 0.4) is 0 Å². The lowest BCUT2D eigenvalue weighted by Gasteiger charge is -2.13. The lowest BCUT2D eigenvalue weighted by molar-refractivity contribution is 0.0938. The number of carbonyl (C=O) groups excluding carboxylic acids is 1. The highest BCUT2D eigenvalue weighted by atomic mass is 35.5. The summed E-state index contributed by atoms with van der Waals surface area (Å²) in [4.78, 5) is 12.0. The normalized spacial score (nSPS) is 12.6. The summed E-state index contributed by atoms with van der Waals surface area (Å²) in [5.41, 5.74) is 2.28. The van der Waals surface area contributed by atoms with Crippen LogP contribution in [0.25, 0.3) is 0 Å². The zero-order valence-electron chi connectivity index (χ0n) is 10.2. The van der Waals surface area contributed by atoms with Gasteiger partial charge in [-0.05, 0) is 20.3 Å². The second-order valence-electron chi connectivity index (χ2n) is 3.90. The van der Waals surface area contributed by atoms with Crippen LogP contribution in [0.15, 0.2) is 0 Å². The fraction of sp³-hybridized carbons (Fsp3) is 0.636. The molecule has 0 aliphatic carbocycles. The van der Waals surface area contributed by atoms with Crippen LogP contribution in [0.2, 0.25) is 0 Å². The molecule has 1 rings (SSSR count). The van der Waals surface area contributed by atoms with E-state index in [1.54, 1.807) is 4.68 Å². The van der Waals surface area contributed by atoms with E-state index in [4.69, 9.17) is 11.6 Å². The van der Waals surface area contributed by atoms with Gasteiger partial charge in [0.05, 0.1) is 11.3 Å². The highest BCUT2D eigenvalue weighted by Crippen LogP contribution is 2.12. The third-order valence-electron chi connectivity index (χ3n) is 2.75. The summed E-state index contributed by atoms with van der Waals surface area (Å²) < 4.78 is 1.71. The molecular weight excluding hydrogens is 226 g/mol. The summed E-state index contributed by atoms with van der Waals surface area (Å²) >= 11 is 5.75. The van der Waals surface area contributed by atoms with Gasteiger partial charge in [0.25, 0.3) is 5.91 Å². The zero-order chi connectivity index (χ0) is 12.3. The molecule has 16 heavy (non-hydrogen) atoms. The minimum Gasteiger partial charge on any atom is -0.348 e. The first-order valence-corrected chi connectivity index (χ1v) is 5.91. The number of amides is 1. The van der Waals surface area contributed by atoms with Gasteiger partial charge in [0.2, 0.25) is 0 Å². The van der Waals surface area contributed by atoms with Crippen molar-refractivity contribution in [3.63, 3.8) is 0 Å². The molecule has 1 amide bonds. The van der Waals surface area contributed by atoms with Gasteiger partial charge in [-0.3, -0.25) is 9.48 Å². The van der Waals surface area contributed by atoms with Gasteiger partial charge in [-0.15, -0.1) is 11.6 Å². The summed E-state index contributed by atoms with van der Waals surface area (Å²) in [6.07, 6.45) is 0.827. The van der Waals surface area contributed by atoms with Crippen LogP contribution in [-0.2, 0) is 7.05 Å². The van der Waals surface area contributed by atoms with E-state index >= 15 is 0 Å². The average molecular weight is 244 g/mol. The Kier molecular flexibility index (Phi) is 4.35. The Balaban J connectivity index is 2.88. The highest BCUT2D eigenvalue weighted by molar-refractivity contribution is 6.18. The van der Waals surface area contributed by atoms with Crippen molar-refractivity contribution in [2.45, 2.75) is 33.2 Å². The Labute approximate surface area is 101 Å². The van der Waals surface area contributed by atoms with Crippen molar-refractivity contribution in [2.75, 3.05) is 5.88 Å². The second-order valence-corrected chi connectivity index (χ2v) is 4.21. The second kappa shape index (κ2) is 5.34. The van der Waals surface area contributed by atoms with Crippen molar-refractivity contribution in [1.29, 1.82) is 0 Å². The molecule has 0 bridgehead atoms. The third kappa shape index (κ3) is 2.55. The Hall–Kier alpha value is -1.03. The third-order valence-corrected chi connectivity index (χ3v) is 3.12. The predicted molar refractivity (Wildman–Crippen MR) is 64.9 cm³/mol. The molecule has 4 nitrogen and oxygen atoms in total. The van der Waals surface area contributed by atoms with Gasteiger partial charge in [0, 0.05) is 24.7 Å². The van der Waals surface area contributed by atoms with E-state index in [1.807, 2.05) is 27.8 Å². The first-order chi connectivity index (χ1) is 7.51. The van der Waals surface area contributed by atoms with E-state index in [-0.39, 0.29) is 11.9 Å². The van der Waals surface area contributed by atoms with Crippen molar-refractivity contribution in [2.24, 2.45) is 7.05 Å². The Morgan fingerprint density at radius 2 is 2.19 bits per heavy atom. The monoisotopic (exact) mass is 243 g/mol. The number of alkyl halides is 1. The van der Waals surface area contributed by atoms with E-state index in [0.717, 1.165) is 17.8 Å². The molecule has 0 radical (unpaired) electrons. The molecule has 0 aromatic carbocycles. The Morgan fingerprint density at radius 1 is 1.56 bits per heavy atom. The quantitative estimate of drug-likeness (QED) is 0.820. The van der Waals surface area contributed by atoms with Crippen LogP contribution >= 0.6 is 11.6 Å². The smallest absolute Gasteiger partial charge is 0.255 e. The van der Waals surface area contributed by atoms with Gasteiger partial charge < -0.3 is 5.32 Å². The molecule has 1 aromatic heterocycles. The number of nitrogens with one attached hydrogen (secondary N) is 1. The van der Waals surface area contributed by atoms with Crippen LogP contribution in [0, 0.1) is 13.8 Å². The van der Waals surface area contributed by atoms with Crippen molar-refractivity contribution in [1.82, 2.24) is 15.1 Å². The van der Waals surface area contributed by atoms with E-state index < -0.39 is 0 Å².